The highest BCUT2D eigenvalue weighted by atomic mass is 32.2. The van der Waals surface area contributed by atoms with Crippen molar-refractivity contribution in [2.24, 2.45) is 0 Å². The van der Waals surface area contributed by atoms with Crippen LogP contribution >= 0.6 is 12.0 Å². The maximum Gasteiger partial charge on any atom is 0.114 e. The van der Waals surface area contributed by atoms with Crippen molar-refractivity contribution >= 4 is 12.0 Å². The summed E-state index contributed by atoms with van der Waals surface area (Å²) in [6.45, 7) is 1.87. The minimum atomic E-state index is -0.428. The Labute approximate surface area is 88.9 Å². The molecule has 1 nitrogen and oxygen atoms in total. The van der Waals surface area contributed by atoms with Crippen LogP contribution in [0.25, 0.3) is 0 Å². The number of halogens is 1. The van der Waals surface area contributed by atoms with Gasteiger partial charge in [0.15, 0.2) is 0 Å². The summed E-state index contributed by atoms with van der Waals surface area (Å²) in [6, 6.07) is 8.09. The second-order valence-electron chi connectivity index (χ2n) is 2.95. The van der Waals surface area contributed by atoms with Gasteiger partial charge in [-0.05, 0) is 18.1 Å². The molecule has 0 atom stereocenters. The molecule has 0 unspecified atom stereocenters. The Kier molecular flexibility index (Phi) is 5.64. The smallest absolute Gasteiger partial charge is 0.114 e. The monoisotopic (exact) mass is 214 g/mol. The van der Waals surface area contributed by atoms with Crippen LogP contribution in [0.5, 0.6) is 0 Å². The highest BCUT2D eigenvalue weighted by Gasteiger charge is 2.01. The number of benzene rings is 1. The second kappa shape index (κ2) is 6.85. The minimum absolute atomic E-state index is 0.158. The van der Waals surface area contributed by atoms with E-state index in [4.69, 9.17) is 4.18 Å². The van der Waals surface area contributed by atoms with Crippen LogP contribution in [0.1, 0.15) is 18.9 Å². The summed E-state index contributed by atoms with van der Waals surface area (Å²) in [5.41, 5.74) is 1.28. The van der Waals surface area contributed by atoms with Gasteiger partial charge in [0.2, 0.25) is 0 Å². The van der Waals surface area contributed by atoms with Crippen LogP contribution in [0.4, 0.5) is 4.39 Å². The fourth-order valence-electron chi connectivity index (χ4n) is 1.20. The quantitative estimate of drug-likeness (QED) is 0.528. The van der Waals surface area contributed by atoms with Crippen molar-refractivity contribution in [2.75, 3.05) is 13.3 Å². The van der Waals surface area contributed by atoms with Crippen LogP contribution in [-0.4, -0.2) is 13.3 Å². The molecule has 3 heteroatoms. The second-order valence-corrected chi connectivity index (χ2v) is 3.79. The van der Waals surface area contributed by atoms with Gasteiger partial charge in [-0.1, -0.05) is 31.5 Å². The predicted molar refractivity (Wildman–Crippen MR) is 58.2 cm³/mol. The largest absolute Gasteiger partial charge is 0.307 e. The molecule has 0 fully saturated rings. The lowest BCUT2D eigenvalue weighted by Gasteiger charge is -2.06. The summed E-state index contributed by atoms with van der Waals surface area (Å²) < 4.78 is 16.9. The molecule has 0 aliphatic heterocycles. The van der Waals surface area contributed by atoms with Gasteiger partial charge in [0.05, 0.1) is 6.61 Å². The lowest BCUT2D eigenvalue weighted by molar-refractivity contribution is 0.312. The van der Waals surface area contributed by atoms with Crippen molar-refractivity contribution in [3.05, 3.63) is 29.8 Å². The van der Waals surface area contributed by atoms with Crippen LogP contribution in [-0.2, 0) is 10.6 Å². The van der Waals surface area contributed by atoms with Gasteiger partial charge in [0, 0.05) is 16.9 Å². The first-order valence-corrected chi connectivity index (χ1v) is 5.56. The Hall–Kier alpha value is -0.540. The number of hydrogen-bond acceptors (Lipinski definition) is 2. The summed E-state index contributed by atoms with van der Waals surface area (Å²) in [5.74, 6) is 0. The molecule has 0 bridgehead atoms. The first-order chi connectivity index (χ1) is 6.88. The molecule has 0 amide bonds. The molecule has 0 saturated carbocycles. The number of hydrogen-bond donors (Lipinski definition) is 0. The molecule has 78 valence electrons. The first kappa shape index (κ1) is 11.5. The van der Waals surface area contributed by atoms with Crippen molar-refractivity contribution in [1.29, 1.82) is 0 Å². The van der Waals surface area contributed by atoms with Gasteiger partial charge in [-0.25, -0.2) is 4.39 Å². The van der Waals surface area contributed by atoms with Crippen LogP contribution in [0.15, 0.2) is 29.2 Å². The fourth-order valence-corrected chi connectivity index (χ4v) is 1.88. The normalized spacial score (nSPS) is 10.4. The molecule has 0 aromatic heterocycles. The van der Waals surface area contributed by atoms with E-state index in [1.165, 1.54) is 17.6 Å². The Balaban J connectivity index is 2.55. The van der Waals surface area contributed by atoms with Gasteiger partial charge in [-0.3, -0.25) is 0 Å². The Bertz CT molecular complexity index is 265. The van der Waals surface area contributed by atoms with Gasteiger partial charge >= 0.3 is 0 Å². The number of rotatable bonds is 6. The number of aryl methyl sites for hydroxylation is 1. The molecule has 0 radical (unpaired) electrons. The van der Waals surface area contributed by atoms with E-state index >= 15 is 0 Å². The van der Waals surface area contributed by atoms with Gasteiger partial charge in [0.25, 0.3) is 0 Å². The van der Waals surface area contributed by atoms with E-state index in [0.717, 1.165) is 17.7 Å². The Morgan fingerprint density at radius 3 is 2.86 bits per heavy atom. The Morgan fingerprint density at radius 1 is 1.36 bits per heavy atom. The zero-order chi connectivity index (χ0) is 10.2. The lowest BCUT2D eigenvalue weighted by atomic mass is 10.1. The topological polar surface area (TPSA) is 9.23 Å². The summed E-state index contributed by atoms with van der Waals surface area (Å²) in [4.78, 5) is 1.10. The first-order valence-electron chi connectivity index (χ1n) is 4.81. The molecular weight excluding hydrogens is 199 g/mol. The predicted octanol–water partition coefficient (Wildman–Crippen LogP) is 3.63. The molecular formula is C11H15FOS. The average molecular weight is 214 g/mol. The lowest BCUT2D eigenvalue weighted by Crippen LogP contribution is -1.91. The van der Waals surface area contributed by atoms with Gasteiger partial charge in [-0.2, -0.15) is 0 Å². The molecule has 0 aliphatic rings. The summed E-state index contributed by atoms with van der Waals surface area (Å²) in [6.07, 6.45) is 2.16. The van der Waals surface area contributed by atoms with E-state index in [1.807, 2.05) is 18.2 Å². The highest BCUT2D eigenvalue weighted by molar-refractivity contribution is 7.94. The van der Waals surface area contributed by atoms with Gasteiger partial charge in [0.1, 0.15) is 6.67 Å². The molecule has 0 saturated heterocycles. The highest BCUT2D eigenvalue weighted by Crippen LogP contribution is 2.24. The van der Waals surface area contributed by atoms with Crippen LogP contribution in [0, 0.1) is 0 Å². The number of alkyl halides is 1. The summed E-state index contributed by atoms with van der Waals surface area (Å²) in [7, 11) is 0. The average Bonchev–Trinajstić information content (AvgIpc) is 2.21. The fraction of sp³-hybridized carbons (Fsp3) is 0.455. The van der Waals surface area contributed by atoms with Crippen LogP contribution in [0.2, 0.25) is 0 Å². The van der Waals surface area contributed by atoms with Gasteiger partial charge < -0.3 is 4.18 Å². The SMILES string of the molecule is CCCc1ccccc1SOCCF. The van der Waals surface area contributed by atoms with Crippen molar-refractivity contribution in [1.82, 2.24) is 0 Å². The van der Waals surface area contributed by atoms with E-state index in [2.05, 4.69) is 13.0 Å². The molecule has 0 heterocycles. The molecule has 0 N–H and O–H groups in total. The van der Waals surface area contributed by atoms with Crippen molar-refractivity contribution < 1.29 is 8.57 Å². The van der Waals surface area contributed by atoms with Gasteiger partial charge in [-0.15, -0.1) is 0 Å². The molecule has 1 aromatic carbocycles. The molecule has 1 rings (SSSR count). The third-order valence-corrected chi connectivity index (χ3v) is 2.66. The van der Waals surface area contributed by atoms with Crippen molar-refractivity contribution in [2.45, 2.75) is 24.7 Å². The van der Waals surface area contributed by atoms with E-state index in [9.17, 15) is 4.39 Å². The van der Waals surface area contributed by atoms with E-state index < -0.39 is 6.67 Å². The Morgan fingerprint density at radius 2 is 2.14 bits per heavy atom. The molecule has 1 aromatic rings. The van der Waals surface area contributed by atoms with Crippen molar-refractivity contribution in [3.63, 3.8) is 0 Å². The summed E-state index contributed by atoms with van der Waals surface area (Å²) in [5, 5.41) is 0. The third-order valence-electron chi connectivity index (χ3n) is 1.80. The minimum Gasteiger partial charge on any atom is -0.307 e. The van der Waals surface area contributed by atoms with E-state index in [-0.39, 0.29) is 6.61 Å². The molecule has 0 spiro atoms. The third kappa shape index (κ3) is 3.68. The zero-order valence-electron chi connectivity index (χ0n) is 8.33. The van der Waals surface area contributed by atoms with Crippen molar-refractivity contribution in [3.8, 4) is 0 Å². The molecule has 0 aliphatic carbocycles. The maximum atomic E-state index is 11.8. The zero-order valence-corrected chi connectivity index (χ0v) is 9.15. The van der Waals surface area contributed by atoms with E-state index in [1.54, 1.807) is 0 Å². The van der Waals surface area contributed by atoms with Crippen LogP contribution in [0.3, 0.4) is 0 Å². The van der Waals surface area contributed by atoms with E-state index in [0.29, 0.717) is 0 Å². The maximum absolute atomic E-state index is 11.8. The van der Waals surface area contributed by atoms with Crippen LogP contribution < -0.4 is 0 Å². The standard InChI is InChI=1S/C11H15FOS/c1-2-5-10-6-3-4-7-11(10)14-13-9-8-12/h3-4,6-7H,2,5,8-9H2,1H3. The summed E-state index contributed by atoms with van der Waals surface area (Å²) >= 11 is 1.27. The molecule has 14 heavy (non-hydrogen) atoms.